The summed E-state index contributed by atoms with van der Waals surface area (Å²) in [6, 6.07) is 19.8. The number of nitriles is 1. The van der Waals surface area contributed by atoms with Crippen LogP contribution in [0, 0.1) is 11.3 Å². The van der Waals surface area contributed by atoms with Gasteiger partial charge < -0.3 is 10.0 Å². The van der Waals surface area contributed by atoms with Crippen LogP contribution in [-0.2, 0) is 13.0 Å². The highest BCUT2D eigenvalue weighted by atomic mass is 16.3. The van der Waals surface area contributed by atoms with Crippen LogP contribution >= 0.6 is 0 Å². The molecule has 4 nitrogen and oxygen atoms in total. The van der Waals surface area contributed by atoms with Crippen molar-refractivity contribution in [3.8, 4) is 6.07 Å². The Labute approximate surface area is 156 Å². The first-order chi connectivity index (χ1) is 12.7. The monoisotopic (exact) mass is 349 g/mol. The number of fused-ring (bicyclic) bond motifs is 1. The third-order valence-corrected chi connectivity index (χ3v) is 5.25. The normalized spacial score (nSPS) is 15.7. The van der Waals surface area contributed by atoms with Gasteiger partial charge >= 0.3 is 0 Å². The van der Waals surface area contributed by atoms with E-state index in [1.165, 1.54) is 16.7 Å². The van der Waals surface area contributed by atoms with E-state index in [4.69, 9.17) is 5.26 Å². The molecule has 1 N–H and O–H groups in total. The minimum absolute atomic E-state index is 0.174. The van der Waals surface area contributed by atoms with Crippen LogP contribution in [-0.4, -0.2) is 36.8 Å². The van der Waals surface area contributed by atoms with Crippen LogP contribution < -0.4 is 4.90 Å². The van der Waals surface area contributed by atoms with Gasteiger partial charge in [-0.1, -0.05) is 36.4 Å². The van der Waals surface area contributed by atoms with Crippen molar-refractivity contribution >= 4 is 5.69 Å². The predicted molar refractivity (Wildman–Crippen MR) is 105 cm³/mol. The second kappa shape index (κ2) is 8.84. The highest BCUT2D eigenvalue weighted by molar-refractivity contribution is 5.47. The highest BCUT2D eigenvalue weighted by Gasteiger charge is 2.27. The Morgan fingerprint density at radius 1 is 1.12 bits per heavy atom. The molecule has 1 unspecified atom stereocenters. The minimum Gasteiger partial charge on any atom is -0.395 e. The molecular weight excluding hydrogens is 322 g/mol. The van der Waals surface area contributed by atoms with Crippen molar-refractivity contribution < 1.29 is 5.11 Å². The Hall–Kier alpha value is -2.35. The molecule has 0 saturated heterocycles. The lowest BCUT2D eigenvalue weighted by Crippen LogP contribution is -2.30. The number of nitrogens with zero attached hydrogens (tertiary/aromatic N) is 3. The van der Waals surface area contributed by atoms with Crippen molar-refractivity contribution in [3.63, 3.8) is 0 Å². The molecule has 0 amide bonds. The van der Waals surface area contributed by atoms with Gasteiger partial charge in [0.05, 0.1) is 19.1 Å². The summed E-state index contributed by atoms with van der Waals surface area (Å²) in [7, 11) is 2.01. The van der Waals surface area contributed by atoms with Gasteiger partial charge in [0.25, 0.3) is 0 Å². The SMILES string of the molecule is CN(CCC#N)c1ccc(CN(CCO)C2CCc3ccccc32)cc1. The van der Waals surface area contributed by atoms with Crippen LogP contribution in [0.1, 0.15) is 35.6 Å². The van der Waals surface area contributed by atoms with E-state index < -0.39 is 0 Å². The van der Waals surface area contributed by atoms with Crippen molar-refractivity contribution in [3.05, 3.63) is 65.2 Å². The lowest BCUT2D eigenvalue weighted by atomic mass is 10.1. The summed E-state index contributed by atoms with van der Waals surface area (Å²) in [5, 5.41) is 18.3. The fourth-order valence-electron chi connectivity index (χ4n) is 3.82. The molecule has 0 saturated carbocycles. The van der Waals surface area contributed by atoms with E-state index in [2.05, 4.69) is 64.4 Å². The smallest absolute Gasteiger partial charge is 0.0640 e. The molecule has 1 aliphatic carbocycles. The fourth-order valence-corrected chi connectivity index (χ4v) is 3.82. The molecule has 4 heteroatoms. The zero-order valence-corrected chi connectivity index (χ0v) is 15.4. The summed E-state index contributed by atoms with van der Waals surface area (Å²) < 4.78 is 0. The maximum absolute atomic E-state index is 9.55. The molecule has 0 aromatic heterocycles. The maximum Gasteiger partial charge on any atom is 0.0640 e. The molecule has 3 rings (SSSR count). The molecule has 0 aliphatic heterocycles. The molecule has 0 spiro atoms. The number of hydrogen-bond donors (Lipinski definition) is 1. The summed E-state index contributed by atoms with van der Waals surface area (Å²) in [4.78, 5) is 4.49. The number of benzene rings is 2. The van der Waals surface area contributed by atoms with E-state index in [-0.39, 0.29) is 6.61 Å². The predicted octanol–water partition coefficient (Wildman–Crippen LogP) is 3.52. The van der Waals surface area contributed by atoms with Crippen LogP contribution in [0.4, 0.5) is 5.69 Å². The van der Waals surface area contributed by atoms with Gasteiger partial charge in [0, 0.05) is 38.4 Å². The third-order valence-electron chi connectivity index (χ3n) is 5.25. The number of rotatable bonds is 8. The van der Waals surface area contributed by atoms with Crippen molar-refractivity contribution in [2.24, 2.45) is 0 Å². The number of aryl methyl sites for hydroxylation is 1. The first-order valence-electron chi connectivity index (χ1n) is 9.32. The Kier molecular flexibility index (Phi) is 6.27. The third kappa shape index (κ3) is 4.24. The van der Waals surface area contributed by atoms with Gasteiger partial charge in [-0.2, -0.15) is 5.26 Å². The average molecular weight is 349 g/mol. The molecule has 26 heavy (non-hydrogen) atoms. The molecular formula is C22H27N3O. The van der Waals surface area contributed by atoms with Gasteiger partial charge in [0.2, 0.25) is 0 Å². The van der Waals surface area contributed by atoms with Gasteiger partial charge in [0.15, 0.2) is 0 Å². The van der Waals surface area contributed by atoms with Gasteiger partial charge in [-0.3, -0.25) is 4.90 Å². The van der Waals surface area contributed by atoms with Gasteiger partial charge in [-0.15, -0.1) is 0 Å². The van der Waals surface area contributed by atoms with Crippen LogP contribution in [0.5, 0.6) is 0 Å². The van der Waals surface area contributed by atoms with Gasteiger partial charge in [0.1, 0.15) is 0 Å². The second-order valence-corrected chi connectivity index (χ2v) is 6.94. The van der Waals surface area contributed by atoms with Crippen LogP contribution in [0.3, 0.4) is 0 Å². The van der Waals surface area contributed by atoms with E-state index in [9.17, 15) is 5.11 Å². The van der Waals surface area contributed by atoms with E-state index in [1.54, 1.807) is 0 Å². The van der Waals surface area contributed by atoms with Crippen molar-refractivity contribution in [2.75, 3.05) is 31.6 Å². The van der Waals surface area contributed by atoms with Crippen LogP contribution in [0.25, 0.3) is 0 Å². The standard InChI is InChI=1S/C22H27N3O/c1-24(14-4-13-23)20-10-7-18(8-11-20)17-25(15-16-26)22-12-9-19-5-2-3-6-21(19)22/h2-3,5-8,10-11,22,26H,4,9,12,14-17H2,1H3. The molecule has 2 aromatic carbocycles. The highest BCUT2D eigenvalue weighted by Crippen LogP contribution is 2.36. The number of aliphatic hydroxyl groups is 1. The fraction of sp³-hybridized carbons (Fsp3) is 0.409. The minimum atomic E-state index is 0.174. The second-order valence-electron chi connectivity index (χ2n) is 6.94. The number of anilines is 1. The first kappa shape index (κ1) is 18.4. The lowest BCUT2D eigenvalue weighted by molar-refractivity contribution is 0.143. The van der Waals surface area contributed by atoms with E-state index in [0.717, 1.165) is 31.6 Å². The summed E-state index contributed by atoms with van der Waals surface area (Å²) >= 11 is 0. The van der Waals surface area contributed by atoms with Crippen molar-refractivity contribution in [1.82, 2.24) is 4.90 Å². The van der Waals surface area contributed by atoms with E-state index >= 15 is 0 Å². The topological polar surface area (TPSA) is 50.5 Å². The van der Waals surface area contributed by atoms with Crippen molar-refractivity contribution in [2.45, 2.75) is 31.8 Å². The molecule has 0 radical (unpaired) electrons. The Morgan fingerprint density at radius 2 is 1.88 bits per heavy atom. The molecule has 1 aliphatic rings. The lowest BCUT2D eigenvalue weighted by Gasteiger charge is -2.29. The first-order valence-corrected chi connectivity index (χ1v) is 9.32. The molecule has 1 atom stereocenters. The zero-order chi connectivity index (χ0) is 18.4. The number of hydrogen-bond acceptors (Lipinski definition) is 4. The summed E-state index contributed by atoms with van der Waals surface area (Å²) in [5.41, 5.74) is 5.23. The Morgan fingerprint density at radius 3 is 2.62 bits per heavy atom. The van der Waals surface area contributed by atoms with Gasteiger partial charge in [-0.25, -0.2) is 0 Å². The number of aliphatic hydroxyl groups excluding tert-OH is 1. The average Bonchev–Trinajstić information content (AvgIpc) is 3.10. The van der Waals surface area contributed by atoms with Gasteiger partial charge in [-0.05, 0) is 41.7 Å². The molecule has 0 bridgehead atoms. The summed E-state index contributed by atoms with van der Waals surface area (Å²) in [6.07, 6.45) is 2.77. The van der Waals surface area contributed by atoms with E-state index in [0.29, 0.717) is 19.0 Å². The maximum atomic E-state index is 9.55. The largest absolute Gasteiger partial charge is 0.395 e. The summed E-state index contributed by atoms with van der Waals surface area (Å²) in [6.45, 7) is 2.43. The zero-order valence-electron chi connectivity index (χ0n) is 15.4. The Bertz CT molecular complexity index is 751. The molecule has 0 heterocycles. The molecule has 2 aromatic rings. The molecule has 136 valence electrons. The van der Waals surface area contributed by atoms with Crippen LogP contribution in [0.2, 0.25) is 0 Å². The van der Waals surface area contributed by atoms with Crippen molar-refractivity contribution in [1.29, 1.82) is 5.26 Å². The van der Waals surface area contributed by atoms with Crippen LogP contribution in [0.15, 0.2) is 48.5 Å². The quantitative estimate of drug-likeness (QED) is 0.792. The van der Waals surface area contributed by atoms with E-state index in [1.807, 2.05) is 7.05 Å². The Balaban J connectivity index is 1.70. The molecule has 0 fully saturated rings. The summed E-state index contributed by atoms with van der Waals surface area (Å²) in [5.74, 6) is 0.